The molecule has 4 atom stereocenters. The topological polar surface area (TPSA) is 94.8 Å². The van der Waals surface area contributed by atoms with E-state index in [1.807, 2.05) is 43.4 Å². The van der Waals surface area contributed by atoms with Gasteiger partial charge in [0.1, 0.15) is 5.78 Å². The van der Waals surface area contributed by atoms with Crippen molar-refractivity contribution in [2.24, 2.45) is 11.8 Å². The molecular formula is C22H32O5. The van der Waals surface area contributed by atoms with E-state index in [-0.39, 0.29) is 30.5 Å². The minimum atomic E-state index is -0.805. The van der Waals surface area contributed by atoms with Crippen LogP contribution in [0.5, 0.6) is 0 Å². The van der Waals surface area contributed by atoms with Crippen LogP contribution in [0.4, 0.5) is 0 Å². The SMILES string of the molecule is CC/C=C\C[C@@H](O)/C=C/[C@@H]1C(=O)C[C@@H](O)[C@@H]1C/C=C\C/C=C\CCC(=O)O. The summed E-state index contributed by atoms with van der Waals surface area (Å²) in [6, 6.07) is 0. The van der Waals surface area contributed by atoms with E-state index in [1.165, 1.54) is 0 Å². The molecule has 0 unspecified atom stereocenters. The summed E-state index contributed by atoms with van der Waals surface area (Å²) >= 11 is 0. The van der Waals surface area contributed by atoms with Crippen molar-refractivity contribution >= 4 is 11.8 Å². The number of Topliss-reactive ketones (excluding diaryl/α,β-unsaturated/α-hetero) is 1. The number of aliphatic hydroxyl groups is 2. The van der Waals surface area contributed by atoms with Crippen molar-refractivity contribution in [1.29, 1.82) is 0 Å². The van der Waals surface area contributed by atoms with Crippen LogP contribution in [0, 0.1) is 11.8 Å². The smallest absolute Gasteiger partial charge is 0.303 e. The number of hydrogen-bond acceptors (Lipinski definition) is 4. The summed E-state index contributed by atoms with van der Waals surface area (Å²) in [5, 5.41) is 28.7. The van der Waals surface area contributed by atoms with Gasteiger partial charge in [-0.1, -0.05) is 55.5 Å². The van der Waals surface area contributed by atoms with Crippen molar-refractivity contribution in [3.63, 3.8) is 0 Å². The minimum Gasteiger partial charge on any atom is -0.481 e. The van der Waals surface area contributed by atoms with Crippen LogP contribution >= 0.6 is 0 Å². The van der Waals surface area contributed by atoms with Crippen molar-refractivity contribution in [3.05, 3.63) is 48.6 Å². The number of allylic oxidation sites excluding steroid dienone is 6. The summed E-state index contributed by atoms with van der Waals surface area (Å²) in [4.78, 5) is 22.5. The van der Waals surface area contributed by atoms with Crippen LogP contribution in [0.1, 0.15) is 51.9 Å². The molecule has 0 saturated heterocycles. The molecule has 1 fully saturated rings. The highest BCUT2D eigenvalue weighted by Crippen LogP contribution is 2.33. The molecule has 5 heteroatoms. The first-order valence-corrected chi connectivity index (χ1v) is 9.69. The summed E-state index contributed by atoms with van der Waals surface area (Å²) in [6.07, 6.45) is 17.2. The van der Waals surface area contributed by atoms with Gasteiger partial charge in [0, 0.05) is 24.7 Å². The number of hydrogen-bond donors (Lipinski definition) is 3. The molecule has 1 saturated carbocycles. The molecule has 0 amide bonds. The molecular weight excluding hydrogens is 344 g/mol. The largest absolute Gasteiger partial charge is 0.481 e. The Labute approximate surface area is 161 Å². The molecule has 5 nitrogen and oxygen atoms in total. The lowest BCUT2D eigenvalue weighted by Gasteiger charge is -2.16. The predicted molar refractivity (Wildman–Crippen MR) is 106 cm³/mol. The van der Waals surface area contributed by atoms with E-state index in [2.05, 4.69) is 0 Å². The number of aliphatic hydroxyl groups excluding tert-OH is 2. The molecule has 27 heavy (non-hydrogen) atoms. The quantitative estimate of drug-likeness (QED) is 0.453. The minimum absolute atomic E-state index is 0.0158. The average Bonchev–Trinajstić information content (AvgIpc) is 2.88. The second-order valence-electron chi connectivity index (χ2n) is 6.84. The Kier molecular flexibility index (Phi) is 11.3. The van der Waals surface area contributed by atoms with Crippen molar-refractivity contribution in [2.45, 2.75) is 64.1 Å². The zero-order valence-corrected chi connectivity index (χ0v) is 16.0. The van der Waals surface area contributed by atoms with Gasteiger partial charge in [-0.3, -0.25) is 9.59 Å². The van der Waals surface area contributed by atoms with Crippen LogP contribution in [-0.2, 0) is 9.59 Å². The van der Waals surface area contributed by atoms with Crippen molar-refractivity contribution in [3.8, 4) is 0 Å². The normalized spacial score (nSPS) is 24.9. The molecule has 0 radical (unpaired) electrons. The van der Waals surface area contributed by atoms with Crippen molar-refractivity contribution in [1.82, 2.24) is 0 Å². The Morgan fingerprint density at radius 2 is 1.93 bits per heavy atom. The number of rotatable bonds is 12. The third kappa shape index (κ3) is 9.50. The lowest BCUT2D eigenvalue weighted by atomic mass is 9.90. The summed E-state index contributed by atoms with van der Waals surface area (Å²) in [5.74, 6) is -1.32. The zero-order valence-electron chi connectivity index (χ0n) is 16.0. The lowest BCUT2D eigenvalue weighted by molar-refractivity contribution is -0.136. The maximum Gasteiger partial charge on any atom is 0.303 e. The molecule has 0 aliphatic heterocycles. The van der Waals surface area contributed by atoms with Gasteiger partial charge in [0.2, 0.25) is 0 Å². The molecule has 1 aliphatic rings. The van der Waals surface area contributed by atoms with Crippen LogP contribution in [0.3, 0.4) is 0 Å². The second kappa shape index (κ2) is 13.2. The molecule has 0 bridgehead atoms. The van der Waals surface area contributed by atoms with Gasteiger partial charge < -0.3 is 15.3 Å². The number of aliphatic carboxylic acids is 1. The number of carboxylic acids is 1. The van der Waals surface area contributed by atoms with Gasteiger partial charge in [-0.25, -0.2) is 0 Å². The van der Waals surface area contributed by atoms with Gasteiger partial charge in [0.05, 0.1) is 12.2 Å². The number of carbonyl (C=O) groups excluding carboxylic acids is 1. The number of carbonyl (C=O) groups is 2. The van der Waals surface area contributed by atoms with E-state index >= 15 is 0 Å². The summed E-state index contributed by atoms with van der Waals surface area (Å²) < 4.78 is 0. The van der Waals surface area contributed by atoms with Crippen LogP contribution in [-0.4, -0.2) is 39.3 Å². The van der Waals surface area contributed by atoms with Crippen molar-refractivity contribution in [2.75, 3.05) is 0 Å². The fraction of sp³-hybridized carbons (Fsp3) is 0.545. The highest BCUT2D eigenvalue weighted by atomic mass is 16.4. The molecule has 0 heterocycles. The molecule has 150 valence electrons. The third-order valence-electron chi connectivity index (χ3n) is 4.60. The summed E-state index contributed by atoms with van der Waals surface area (Å²) in [5.41, 5.74) is 0. The first-order valence-electron chi connectivity index (χ1n) is 9.69. The van der Waals surface area contributed by atoms with Crippen LogP contribution < -0.4 is 0 Å². The Balaban J connectivity index is 2.48. The maximum absolute atomic E-state index is 12.1. The standard InChI is InChI=1S/C22H32O5/c1-2-3-8-11-17(23)14-15-19-18(20(24)16-21(19)25)12-9-6-4-5-7-10-13-22(26)27/h3,5-9,14-15,17-20,23-24H,2,4,10-13,16H2,1H3,(H,26,27)/b7-5-,8-3-,9-6-,15-14+/t17-,18-,19+,20-/m1/s1. The second-order valence-corrected chi connectivity index (χ2v) is 6.84. The van der Waals surface area contributed by atoms with Gasteiger partial charge in [0.25, 0.3) is 0 Å². The highest BCUT2D eigenvalue weighted by Gasteiger charge is 2.39. The molecule has 0 aromatic carbocycles. The van der Waals surface area contributed by atoms with Gasteiger partial charge in [-0.2, -0.15) is 0 Å². The van der Waals surface area contributed by atoms with Gasteiger partial charge in [-0.15, -0.1) is 0 Å². The monoisotopic (exact) mass is 376 g/mol. The van der Waals surface area contributed by atoms with Gasteiger partial charge in [0.15, 0.2) is 0 Å². The summed E-state index contributed by atoms with van der Waals surface area (Å²) in [6.45, 7) is 2.03. The Morgan fingerprint density at radius 1 is 1.19 bits per heavy atom. The Morgan fingerprint density at radius 3 is 2.63 bits per heavy atom. The van der Waals surface area contributed by atoms with Crippen molar-refractivity contribution < 1.29 is 24.9 Å². The van der Waals surface area contributed by atoms with E-state index in [0.717, 1.165) is 6.42 Å². The number of ketones is 1. The highest BCUT2D eigenvalue weighted by molar-refractivity contribution is 5.86. The van der Waals surface area contributed by atoms with E-state index in [4.69, 9.17) is 5.11 Å². The van der Waals surface area contributed by atoms with Gasteiger partial charge in [-0.05, 0) is 32.1 Å². The fourth-order valence-corrected chi connectivity index (χ4v) is 3.10. The first kappa shape index (κ1) is 23.1. The van der Waals surface area contributed by atoms with E-state index in [9.17, 15) is 19.8 Å². The van der Waals surface area contributed by atoms with Crippen LogP contribution in [0.25, 0.3) is 0 Å². The molecule has 0 aromatic heterocycles. The zero-order chi connectivity index (χ0) is 20.1. The van der Waals surface area contributed by atoms with E-state index < -0.39 is 18.2 Å². The molecule has 0 spiro atoms. The fourth-order valence-electron chi connectivity index (χ4n) is 3.10. The Hall–Kier alpha value is -1.98. The molecule has 3 N–H and O–H groups in total. The van der Waals surface area contributed by atoms with Crippen LogP contribution in [0.2, 0.25) is 0 Å². The maximum atomic E-state index is 12.1. The number of carboxylic acid groups (broad SMARTS) is 1. The van der Waals surface area contributed by atoms with E-state index in [0.29, 0.717) is 25.7 Å². The molecule has 1 aliphatic carbocycles. The Bertz CT molecular complexity index is 573. The first-order chi connectivity index (χ1) is 13.0. The summed E-state index contributed by atoms with van der Waals surface area (Å²) in [7, 11) is 0. The van der Waals surface area contributed by atoms with Gasteiger partial charge >= 0.3 is 5.97 Å². The van der Waals surface area contributed by atoms with Crippen LogP contribution in [0.15, 0.2) is 48.6 Å². The third-order valence-corrected chi connectivity index (χ3v) is 4.60. The van der Waals surface area contributed by atoms with E-state index in [1.54, 1.807) is 12.2 Å². The predicted octanol–water partition coefficient (Wildman–Crippen LogP) is 3.58. The molecule has 0 aromatic rings. The average molecular weight is 376 g/mol. The lowest BCUT2D eigenvalue weighted by Crippen LogP contribution is -2.19. The molecule has 1 rings (SSSR count).